The van der Waals surface area contributed by atoms with Gasteiger partial charge in [0.1, 0.15) is 5.78 Å². The molecule has 0 aliphatic carbocycles. The van der Waals surface area contributed by atoms with E-state index in [2.05, 4.69) is 19.2 Å². The number of nitrogens with one attached hydrogen (secondary N) is 1. The number of benzene rings is 1. The second kappa shape index (κ2) is 6.66. The van der Waals surface area contributed by atoms with Crippen LogP contribution in [0.4, 0.5) is 5.69 Å². The first-order valence-corrected chi connectivity index (χ1v) is 7.18. The van der Waals surface area contributed by atoms with Gasteiger partial charge in [0.15, 0.2) is 0 Å². The molecule has 0 spiro atoms. The molecule has 2 rings (SSSR count). The van der Waals surface area contributed by atoms with Crippen LogP contribution in [0.5, 0.6) is 0 Å². The van der Waals surface area contributed by atoms with E-state index in [1.165, 1.54) is 5.56 Å². The molecular formula is C16H22N2O2. The third kappa shape index (κ3) is 4.17. The maximum absolute atomic E-state index is 11.9. The number of hydrogen-bond donors (Lipinski definition) is 1. The Morgan fingerprint density at radius 3 is 2.35 bits per heavy atom. The predicted octanol–water partition coefficient (Wildman–Crippen LogP) is 2.41. The largest absolute Gasteiger partial charge is 0.325 e. The average molecular weight is 274 g/mol. The van der Waals surface area contributed by atoms with Crippen LogP contribution in [0.15, 0.2) is 24.3 Å². The van der Waals surface area contributed by atoms with Crippen LogP contribution in [0.2, 0.25) is 0 Å². The van der Waals surface area contributed by atoms with E-state index in [4.69, 9.17) is 0 Å². The van der Waals surface area contributed by atoms with Gasteiger partial charge in [-0.05, 0) is 23.6 Å². The van der Waals surface area contributed by atoms with E-state index < -0.39 is 0 Å². The molecule has 1 N–H and O–H groups in total. The first-order valence-electron chi connectivity index (χ1n) is 7.18. The van der Waals surface area contributed by atoms with Crippen LogP contribution in [0.3, 0.4) is 0 Å². The topological polar surface area (TPSA) is 49.4 Å². The fraction of sp³-hybridized carbons (Fsp3) is 0.500. The molecular weight excluding hydrogens is 252 g/mol. The maximum Gasteiger partial charge on any atom is 0.238 e. The summed E-state index contributed by atoms with van der Waals surface area (Å²) in [4.78, 5) is 25.1. The number of piperidine rings is 1. The Morgan fingerprint density at radius 2 is 1.80 bits per heavy atom. The minimum atomic E-state index is -0.0170. The van der Waals surface area contributed by atoms with E-state index >= 15 is 0 Å². The molecule has 1 amide bonds. The highest BCUT2D eigenvalue weighted by molar-refractivity contribution is 5.92. The lowest BCUT2D eigenvalue weighted by Gasteiger charge is -2.24. The van der Waals surface area contributed by atoms with Crippen LogP contribution in [0, 0.1) is 0 Å². The standard InChI is InChI=1S/C16H22N2O2/c1-12(2)13-3-5-14(6-4-13)17-16(20)11-18-9-7-15(19)8-10-18/h3-6,12H,7-11H2,1-2H3,(H,17,20). The monoisotopic (exact) mass is 274 g/mol. The molecule has 1 heterocycles. The van der Waals surface area contributed by atoms with Gasteiger partial charge >= 0.3 is 0 Å². The lowest BCUT2D eigenvalue weighted by Crippen LogP contribution is -2.39. The molecule has 4 heteroatoms. The number of rotatable bonds is 4. The highest BCUT2D eigenvalue weighted by atomic mass is 16.2. The number of hydrogen-bond acceptors (Lipinski definition) is 3. The van der Waals surface area contributed by atoms with E-state index in [0.717, 1.165) is 5.69 Å². The third-order valence-electron chi connectivity index (χ3n) is 3.64. The van der Waals surface area contributed by atoms with Crippen LogP contribution in [0.25, 0.3) is 0 Å². The number of anilines is 1. The summed E-state index contributed by atoms with van der Waals surface area (Å²) in [6, 6.07) is 7.96. The summed E-state index contributed by atoms with van der Waals surface area (Å²) in [7, 11) is 0. The van der Waals surface area contributed by atoms with Crippen LogP contribution < -0.4 is 5.32 Å². The summed E-state index contributed by atoms with van der Waals surface area (Å²) in [5.41, 5.74) is 2.09. The Morgan fingerprint density at radius 1 is 1.20 bits per heavy atom. The number of Topliss-reactive ketones (excluding diaryl/α,β-unsaturated/α-hetero) is 1. The summed E-state index contributed by atoms with van der Waals surface area (Å²) < 4.78 is 0. The molecule has 4 nitrogen and oxygen atoms in total. The first kappa shape index (κ1) is 14.7. The fourth-order valence-electron chi connectivity index (χ4n) is 2.32. The van der Waals surface area contributed by atoms with E-state index in [9.17, 15) is 9.59 Å². The van der Waals surface area contributed by atoms with Crippen LogP contribution in [-0.2, 0) is 9.59 Å². The van der Waals surface area contributed by atoms with Gasteiger partial charge in [-0.2, -0.15) is 0 Å². The van der Waals surface area contributed by atoms with Crippen molar-refractivity contribution in [3.63, 3.8) is 0 Å². The van der Waals surface area contributed by atoms with Crippen LogP contribution >= 0.6 is 0 Å². The summed E-state index contributed by atoms with van der Waals surface area (Å²) in [6.07, 6.45) is 1.13. The highest BCUT2D eigenvalue weighted by Gasteiger charge is 2.18. The molecule has 0 atom stereocenters. The zero-order valence-electron chi connectivity index (χ0n) is 12.2. The van der Waals surface area contributed by atoms with Gasteiger partial charge in [0.05, 0.1) is 6.54 Å². The quantitative estimate of drug-likeness (QED) is 0.917. The zero-order chi connectivity index (χ0) is 14.5. The Kier molecular flexibility index (Phi) is 4.90. The Balaban J connectivity index is 1.83. The summed E-state index contributed by atoms with van der Waals surface area (Å²) in [5, 5.41) is 2.90. The normalized spacial score (nSPS) is 16.4. The van der Waals surface area contributed by atoms with Crippen molar-refractivity contribution >= 4 is 17.4 Å². The molecule has 0 bridgehead atoms. The van der Waals surface area contributed by atoms with E-state index in [1.54, 1.807) is 0 Å². The van der Waals surface area contributed by atoms with Gasteiger partial charge in [0, 0.05) is 31.6 Å². The van der Waals surface area contributed by atoms with Gasteiger partial charge in [0.2, 0.25) is 5.91 Å². The minimum absolute atomic E-state index is 0.0170. The van der Waals surface area contributed by atoms with Crippen molar-refractivity contribution in [3.05, 3.63) is 29.8 Å². The van der Waals surface area contributed by atoms with Crippen LogP contribution in [0.1, 0.15) is 38.2 Å². The van der Waals surface area contributed by atoms with Gasteiger partial charge in [0.25, 0.3) is 0 Å². The van der Waals surface area contributed by atoms with Gasteiger partial charge in [-0.1, -0.05) is 26.0 Å². The van der Waals surface area contributed by atoms with Crippen LogP contribution in [-0.4, -0.2) is 36.2 Å². The molecule has 1 aromatic carbocycles. The Bertz CT molecular complexity index is 470. The molecule has 1 saturated heterocycles. The smallest absolute Gasteiger partial charge is 0.238 e. The van der Waals surface area contributed by atoms with Gasteiger partial charge in [-0.25, -0.2) is 0 Å². The minimum Gasteiger partial charge on any atom is -0.325 e. The molecule has 1 aliphatic heterocycles. The van der Waals surface area contributed by atoms with Crippen molar-refractivity contribution in [2.24, 2.45) is 0 Å². The number of ketones is 1. The lowest BCUT2D eigenvalue weighted by molar-refractivity contribution is -0.124. The highest BCUT2D eigenvalue weighted by Crippen LogP contribution is 2.17. The second-order valence-corrected chi connectivity index (χ2v) is 5.64. The van der Waals surface area contributed by atoms with Crippen molar-refractivity contribution in [2.75, 3.05) is 25.0 Å². The van der Waals surface area contributed by atoms with Crippen molar-refractivity contribution in [2.45, 2.75) is 32.6 Å². The Labute approximate surface area is 120 Å². The Hall–Kier alpha value is -1.68. The van der Waals surface area contributed by atoms with Gasteiger partial charge < -0.3 is 5.32 Å². The van der Waals surface area contributed by atoms with Crippen molar-refractivity contribution < 1.29 is 9.59 Å². The van der Waals surface area contributed by atoms with Crippen molar-refractivity contribution in [1.29, 1.82) is 0 Å². The second-order valence-electron chi connectivity index (χ2n) is 5.64. The van der Waals surface area contributed by atoms with E-state index in [0.29, 0.717) is 44.2 Å². The average Bonchev–Trinajstić information content (AvgIpc) is 2.42. The summed E-state index contributed by atoms with van der Waals surface area (Å²) >= 11 is 0. The summed E-state index contributed by atoms with van der Waals surface area (Å²) in [6.45, 7) is 6.03. The molecule has 108 valence electrons. The number of nitrogens with zero attached hydrogens (tertiary/aromatic N) is 1. The fourth-order valence-corrected chi connectivity index (χ4v) is 2.32. The SMILES string of the molecule is CC(C)c1ccc(NC(=O)CN2CCC(=O)CC2)cc1. The molecule has 1 fully saturated rings. The molecule has 1 aromatic rings. The third-order valence-corrected chi connectivity index (χ3v) is 3.64. The number of carbonyl (C=O) groups excluding carboxylic acids is 2. The number of amides is 1. The zero-order valence-corrected chi connectivity index (χ0v) is 12.2. The van der Waals surface area contributed by atoms with Crippen molar-refractivity contribution in [1.82, 2.24) is 4.90 Å². The van der Waals surface area contributed by atoms with E-state index in [1.807, 2.05) is 29.2 Å². The lowest BCUT2D eigenvalue weighted by atomic mass is 10.0. The maximum atomic E-state index is 11.9. The molecule has 0 saturated carbocycles. The number of carbonyl (C=O) groups is 2. The van der Waals surface area contributed by atoms with Gasteiger partial charge in [-0.3, -0.25) is 14.5 Å². The summed E-state index contributed by atoms with van der Waals surface area (Å²) in [5.74, 6) is 0.771. The van der Waals surface area contributed by atoms with Gasteiger partial charge in [-0.15, -0.1) is 0 Å². The molecule has 1 aliphatic rings. The molecule has 0 aromatic heterocycles. The molecule has 0 unspecified atom stereocenters. The molecule has 20 heavy (non-hydrogen) atoms. The number of likely N-dealkylation sites (tertiary alicyclic amines) is 1. The predicted molar refractivity (Wildman–Crippen MR) is 79.8 cm³/mol. The van der Waals surface area contributed by atoms with E-state index in [-0.39, 0.29) is 5.91 Å². The first-order chi connectivity index (χ1) is 9.54. The van der Waals surface area contributed by atoms with Crippen molar-refractivity contribution in [3.8, 4) is 0 Å². The molecule has 0 radical (unpaired) electrons.